The molecular formula is C26H29Cl2N3O2. The lowest BCUT2D eigenvalue weighted by molar-refractivity contribution is -0.126. The van der Waals surface area contributed by atoms with Crippen LogP contribution in [0.1, 0.15) is 43.9 Å². The van der Waals surface area contributed by atoms with Crippen LogP contribution in [0.4, 0.5) is 0 Å². The molecule has 1 saturated heterocycles. The van der Waals surface area contributed by atoms with Gasteiger partial charge in [-0.25, -0.2) is 4.68 Å². The molecule has 0 N–H and O–H groups in total. The number of carbonyl (C=O) groups is 1. The maximum Gasteiger partial charge on any atom is 0.290 e. The molecule has 174 valence electrons. The second kappa shape index (κ2) is 9.88. The Morgan fingerprint density at radius 1 is 1.00 bits per heavy atom. The van der Waals surface area contributed by atoms with Crippen molar-refractivity contribution >= 4 is 29.0 Å². The van der Waals surface area contributed by atoms with E-state index in [0.29, 0.717) is 29.5 Å². The Bertz CT molecular complexity index is 1170. The van der Waals surface area contributed by atoms with E-state index >= 15 is 0 Å². The third-order valence-electron chi connectivity index (χ3n) is 6.82. The standard InChI is InChI=1S/C26H29Cl2N3O2/c1-3-7-23(32)26(19-8-5-4-6-9-19)14-16-30(17-15-26)18-22-24(28)25(33)31(29(22)2)21-12-10-20(27)11-13-21/h4-6,8-13H,3,7,14-18H2,1-2H3. The largest absolute Gasteiger partial charge is 0.299 e. The normalized spacial score (nSPS) is 16.1. The van der Waals surface area contributed by atoms with Gasteiger partial charge in [0.1, 0.15) is 10.8 Å². The summed E-state index contributed by atoms with van der Waals surface area (Å²) < 4.78 is 3.38. The summed E-state index contributed by atoms with van der Waals surface area (Å²) in [6.07, 6.45) is 2.98. The lowest BCUT2D eigenvalue weighted by Crippen LogP contribution is -2.47. The zero-order valence-electron chi connectivity index (χ0n) is 19.1. The molecule has 0 bridgehead atoms. The first-order valence-corrected chi connectivity index (χ1v) is 12.2. The van der Waals surface area contributed by atoms with Gasteiger partial charge in [-0.1, -0.05) is 60.5 Å². The lowest BCUT2D eigenvalue weighted by Gasteiger charge is -2.41. The van der Waals surface area contributed by atoms with E-state index in [1.54, 1.807) is 28.9 Å². The fourth-order valence-corrected chi connectivity index (χ4v) is 5.30. The Balaban J connectivity index is 1.57. The maximum atomic E-state index is 13.2. The van der Waals surface area contributed by atoms with Gasteiger partial charge in [0.2, 0.25) is 0 Å². The Hall–Kier alpha value is -2.34. The van der Waals surface area contributed by atoms with Crippen molar-refractivity contribution in [3.8, 4) is 5.69 Å². The summed E-state index contributed by atoms with van der Waals surface area (Å²) in [5.41, 5.74) is 1.92. The van der Waals surface area contributed by atoms with Crippen LogP contribution < -0.4 is 5.56 Å². The van der Waals surface area contributed by atoms with Crippen molar-refractivity contribution in [3.63, 3.8) is 0 Å². The summed E-state index contributed by atoms with van der Waals surface area (Å²) >= 11 is 12.5. The molecule has 1 aromatic heterocycles. The summed E-state index contributed by atoms with van der Waals surface area (Å²) in [6, 6.07) is 17.3. The minimum absolute atomic E-state index is 0.231. The number of piperidine rings is 1. The number of benzene rings is 2. The van der Waals surface area contributed by atoms with Gasteiger partial charge in [0.15, 0.2) is 0 Å². The highest BCUT2D eigenvalue weighted by Gasteiger charge is 2.42. The average molecular weight is 486 g/mol. The number of rotatable bonds is 7. The molecule has 0 atom stereocenters. The van der Waals surface area contributed by atoms with Crippen LogP contribution in [0, 0.1) is 0 Å². The van der Waals surface area contributed by atoms with Gasteiger partial charge >= 0.3 is 0 Å². The van der Waals surface area contributed by atoms with Crippen molar-refractivity contribution in [2.75, 3.05) is 13.1 Å². The maximum absolute atomic E-state index is 13.2. The molecular weight excluding hydrogens is 457 g/mol. The molecule has 2 aromatic carbocycles. The molecule has 2 heterocycles. The Morgan fingerprint density at radius 2 is 1.64 bits per heavy atom. The van der Waals surface area contributed by atoms with E-state index in [0.717, 1.165) is 43.6 Å². The fraction of sp³-hybridized carbons (Fsp3) is 0.385. The number of Topliss-reactive ketones (excluding diaryl/α,β-unsaturated/α-hetero) is 1. The number of hydrogen-bond donors (Lipinski definition) is 0. The van der Waals surface area contributed by atoms with E-state index in [1.165, 1.54) is 0 Å². The summed E-state index contributed by atoms with van der Waals surface area (Å²) in [5.74, 6) is 0.329. The highest BCUT2D eigenvalue weighted by molar-refractivity contribution is 6.31. The lowest BCUT2D eigenvalue weighted by atomic mass is 9.68. The minimum Gasteiger partial charge on any atom is -0.299 e. The molecule has 0 radical (unpaired) electrons. The number of hydrogen-bond acceptors (Lipinski definition) is 3. The average Bonchev–Trinajstić information content (AvgIpc) is 3.04. The molecule has 1 fully saturated rings. The highest BCUT2D eigenvalue weighted by Crippen LogP contribution is 2.38. The Morgan fingerprint density at radius 3 is 2.24 bits per heavy atom. The van der Waals surface area contributed by atoms with Crippen molar-refractivity contribution in [2.24, 2.45) is 7.05 Å². The van der Waals surface area contributed by atoms with Gasteiger partial charge in [-0.2, -0.15) is 0 Å². The van der Waals surface area contributed by atoms with Gasteiger partial charge in [-0.3, -0.25) is 19.2 Å². The molecule has 3 aromatic rings. The van der Waals surface area contributed by atoms with E-state index in [-0.39, 0.29) is 10.6 Å². The van der Waals surface area contributed by atoms with Crippen molar-refractivity contribution in [2.45, 2.75) is 44.6 Å². The summed E-state index contributed by atoms with van der Waals surface area (Å²) in [7, 11) is 1.85. The van der Waals surface area contributed by atoms with E-state index in [4.69, 9.17) is 23.2 Å². The second-order valence-corrected chi connectivity index (χ2v) is 9.59. The Kier molecular flexibility index (Phi) is 7.13. The monoisotopic (exact) mass is 485 g/mol. The second-order valence-electron chi connectivity index (χ2n) is 8.78. The summed E-state index contributed by atoms with van der Waals surface area (Å²) in [5, 5.41) is 0.842. The van der Waals surface area contributed by atoms with Crippen molar-refractivity contribution < 1.29 is 4.79 Å². The summed E-state index contributed by atoms with van der Waals surface area (Å²) in [6.45, 7) is 4.14. The van der Waals surface area contributed by atoms with E-state index in [1.807, 2.05) is 29.9 Å². The fourth-order valence-electron chi connectivity index (χ4n) is 4.92. The van der Waals surface area contributed by atoms with Gasteiger partial charge in [-0.05, 0) is 62.2 Å². The summed E-state index contributed by atoms with van der Waals surface area (Å²) in [4.78, 5) is 28.4. The van der Waals surface area contributed by atoms with Crippen LogP contribution in [0.15, 0.2) is 59.4 Å². The first-order chi connectivity index (χ1) is 15.9. The third kappa shape index (κ3) is 4.54. The third-order valence-corrected chi connectivity index (χ3v) is 7.45. The molecule has 4 rings (SSSR count). The minimum atomic E-state index is -0.432. The molecule has 1 aliphatic heterocycles. The van der Waals surface area contributed by atoms with Crippen molar-refractivity contribution in [3.05, 3.63) is 86.3 Å². The number of halogens is 2. The predicted molar refractivity (Wildman–Crippen MR) is 134 cm³/mol. The van der Waals surface area contributed by atoms with Crippen LogP contribution in [-0.2, 0) is 23.8 Å². The van der Waals surface area contributed by atoms with E-state index in [9.17, 15) is 9.59 Å². The van der Waals surface area contributed by atoms with Crippen LogP contribution in [-0.4, -0.2) is 33.1 Å². The number of nitrogens with zero attached hydrogens (tertiary/aromatic N) is 3. The molecule has 1 aliphatic rings. The van der Waals surface area contributed by atoms with Crippen LogP contribution >= 0.6 is 23.2 Å². The van der Waals surface area contributed by atoms with E-state index in [2.05, 4.69) is 24.0 Å². The molecule has 0 aliphatic carbocycles. The van der Waals surface area contributed by atoms with Gasteiger partial charge in [0.05, 0.1) is 16.8 Å². The molecule has 0 unspecified atom stereocenters. The molecule has 7 heteroatoms. The van der Waals surface area contributed by atoms with Crippen molar-refractivity contribution in [1.29, 1.82) is 0 Å². The van der Waals surface area contributed by atoms with Crippen molar-refractivity contribution in [1.82, 2.24) is 14.3 Å². The van der Waals surface area contributed by atoms with E-state index < -0.39 is 5.41 Å². The zero-order valence-corrected chi connectivity index (χ0v) is 20.6. The predicted octanol–water partition coefficient (Wildman–Crippen LogP) is 5.39. The van der Waals surface area contributed by atoms with Gasteiger partial charge in [0, 0.05) is 25.0 Å². The first kappa shape index (κ1) is 23.8. The molecule has 5 nitrogen and oxygen atoms in total. The molecule has 0 saturated carbocycles. The molecule has 33 heavy (non-hydrogen) atoms. The van der Waals surface area contributed by atoms with Crippen LogP contribution in [0.3, 0.4) is 0 Å². The quantitative estimate of drug-likeness (QED) is 0.450. The van der Waals surface area contributed by atoms with Crippen LogP contribution in [0.25, 0.3) is 5.69 Å². The zero-order chi connectivity index (χ0) is 23.6. The number of ketones is 1. The van der Waals surface area contributed by atoms with Crippen LogP contribution in [0.5, 0.6) is 0 Å². The number of carbonyl (C=O) groups excluding carboxylic acids is 1. The topological polar surface area (TPSA) is 47.2 Å². The molecule has 0 amide bonds. The van der Waals surface area contributed by atoms with Gasteiger partial charge in [0.25, 0.3) is 5.56 Å². The molecule has 0 spiro atoms. The smallest absolute Gasteiger partial charge is 0.290 e. The Labute approximate surface area is 204 Å². The van der Waals surface area contributed by atoms with Gasteiger partial charge < -0.3 is 0 Å². The SMILES string of the molecule is CCCC(=O)C1(c2ccccc2)CCN(Cc2c(Cl)c(=O)n(-c3ccc(Cl)cc3)n2C)CC1. The highest BCUT2D eigenvalue weighted by atomic mass is 35.5. The van der Waals surface area contributed by atoms with Gasteiger partial charge in [-0.15, -0.1) is 0 Å². The number of likely N-dealkylation sites (tertiary alicyclic amines) is 1. The number of aromatic nitrogens is 2. The first-order valence-electron chi connectivity index (χ1n) is 11.4. The van der Waals surface area contributed by atoms with Crippen LogP contribution in [0.2, 0.25) is 10.0 Å².